The largest absolute Gasteiger partial charge is 0.490 e. The van der Waals surface area contributed by atoms with Gasteiger partial charge in [-0.2, -0.15) is 0 Å². The third-order valence-corrected chi connectivity index (χ3v) is 3.55. The van der Waals surface area contributed by atoms with E-state index in [1.807, 2.05) is 25.1 Å². The van der Waals surface area contributed by atoms with Gasteiger partial charge < -0.3 is 14.6 Å². The smallest absolute Gasteiger partial charge is 0.328 e. The van der Waals surface area contributed by atoms with Crippen molar-refractivity contribution in [3.63, 3.8) is 0 Å². The van der Waals surface area contributed by atoms with E-state index in [0.717, 1.165) is 30.0 Å². The maximum Gasteiger partial charge on any atom is 0.328 e. The number of carboxylic acid groups (broad SMARTS) is 1. The Labute approximate surface area is 125 Å². The first-order valence-corrected chi connectivity index (χ1v) is 7.18. The maximum absolute atomic E-state index is 10.7. The van der Waals surface area contributed by atoms with Gasteiger partial charge in [-0.3, -0.25) is 0 Å². The normalized spacial score (nSPS) is 20.8. The van der Waals surface area contributed by atoms with Crippen molar-refractivity contribution in [2.75, 3.05) is 6.61 Å². The van der Waals surface area contributed by atoms with Crippen molar-refractivity contribution in [1.82, 2.24) is 0 Å². The molecule has 1 heterocycles. The molecule has 1 N–H and O–H groups in total. The number of hydrogen-bond acceptors (Lipinski definition) is 3. The molecule has 1 aliphatic heterocycles. The van der Waals surface area contributed by atoms with Gasteiger partial charge in [0, 0.05) is 11.6 Å². The van der Waals surface area contributed by atoms with Crippen LogP contribution >= 0.6 is 0 Å². The SMILES string of the molecule is Cc1ccc(OCC2CCC(C)(C)O2)c(/C=C/C(=O)O)c1. The highest BCUT2D eigenvalue weighted by Crippen LogP contribution is 2.30. The van der Waals surface area contributed by atoms with Gasteiger partial charge in [-0.15, -0.1) is 0 Å². The van der Waals surface area contributed by atoms with Gasteiger partial charge in [0.05, 0.1) is 11.7 Å². The molecule has 0 radical (unpaired) electrons. The van der Waals surface area contributed by atoms with Crippen LogP contribution in [0.25, 0.3) is 6.08 Å². The van der Waals surface area contributed by atoms with Crippen LogP contribution in [-0.4, -0.2) is 29.4 Å². The van der Waals surface area contributed by atoms with E-state index in [1.165, 1.54) is 0 Å². The first kappa shape index (κ1) is 15.6. The number of aliphatic carboxylic acids is 1. The van der Waals surface area contributed by atoms with Gasteiger partial charge in [0.25, 0.3) is 0 Å². The van der Waals surface area contributed by atoms with Gasteiger partial charge in [-0.25, -0.2) is 4.79 Å². The summed E-state index contributed by atoms with van der Waals surface area (Å²) in [6.45, 7) is 6.62. The summed E-state index contributed by atoms with van der Waals surface area (Å²) in [6.07, 6.45) is 4.79. The van der Waals surface area contributed by atoms with Crippen molar-refractivity contribution in [2.45, 2.75) is 45.3 Å². The summed E-state index contributed by atoms with van der Waals surface area (Å²) in [5.74, 6) is -0.283. The molecule has 0 bridgehead atoms. The van der Waals surface area contributed by atoms with Crippen LogP contribution in [0.2, 0.25) is 0 Å². The molecule has 1 aromatic rings. The summed E-state index contributed by atoms with van der Waals surface area (Å²) in [4.78, 5) is 10.7. The summed E-state index contributed by atoms with van der Waals surface area (Å²) >= 11 is 0. The quantitative estimate of drug-likeness (QED) is 0.844. The fraction of sp³-hybridized carbons (Fsp3) is 0.471. The Morgan fingerprint density at radius 2 is 2.29 bits per heavy atom. The van der Waals surface area contributed by atoms with Crippen molar-refractivity contribution in [1.29, 1.82) is 0 Å². The van der Waals surface area contributed by atoms with Crippen LogP contribution in [0, 0.1) is 6.92 Å². The Hall–Kier alpha value is -1.81. The number of hydrogen-bond donors (Lipinski definition) is 1. The fourth-order valence-electron chi connectivity index (χ4n) is 2.47. The lowest BCUT2D eigenvalue weighted by Gasteiger charge is -2.20. The standard InChI is InChI=1S/C17H22O4/c1-12-4-6-15(13(10-12)5-7-16(18)19)20-11-14-8-9-17(2,3)21-14/h4-7,10,14H,8-9,11H2,1-3H3,(H,18,19)/b7-5+. The van der Waals surface area contributed by atoms with Crippen molar-refractivity contribution >= 4 is 12.0 Å². The van der Waals surface area contributed by atoms with E-state index in [-0.39, 0.29) is 11.7 Å². The Morgan fingerprint density at radius 3 is 2.90 bits per heavy atom. The molecule has 4 nitrogen and oxygen atoms in total. The van der Waals surface area contributed by atoms with Crippen LogP contribution in [0.15, 0.2) is 24.3 Å². The molecule has 2 rings (SSSR count). The summed E-state index contributed by atoms with van der Waals surface area (Å²) < 4.78 is 11.7. The molecule has 1 saturated heterocycles. The summed E-state index contributed by atoms with van der Waals surface area (Å²) in [5, 5.41) is 8.75. The van der Waals surface area contributed by atoms with Crippen molar-refractivity contribution in [2.24, 2.45) is 0 Å². The molecule has 1 atom stereocenters. The zero-order chi connectivity index (χ0) is 15.5. The third kappa shape index (κ3) is 4.60. The van der Waals surface area contributed by atoms with Gasteiger partial charge in [0.15, 0.2) is 0 Å². The number of rotatable bonds is 5. The fourth-order valence-corrected chi connectivity index (χ4v) is 2.47. The van der Waals surface area contributed by atoms with Crippen LogP contribution in [-0.2, 0) is 9.53 Å². The number of ether oxygens (including phenoxy) is 2. The second kappa shape index (κ2) is 6.31. The maximum atomic E-state index is 10.7. The van der Waals surface area contributed by atoms with Gasteiger partial charge in [0.2, 0.25) is 0 Å². The molecule has 0 amide bonds. The molecule has 0 saturated carbocycles. The molecule has 114 valence electrons. The van der Waals surface area contributed by atoms with E-state index in [4.69, 9.17) is 14.6 Å². The van der Waals surface area contributed by atoms with E-state index in [1.54, 1.807) is 6.08 Å². The summed E-state index contributed by atoms with van der Waals surface area (Å²) in [6, 6.07) is 5.73. The second-order valence-corrected chi connectivity index (χ2v) is 6.06. The van der Waals surface area contributed by atoms with E-state index < -0.39 is 5.97 Å². The van der Waals surface area contributed by atoms with E-state index in [0.29, 0.717) is 12.4 Å². The average Bonchev–Trinajstić information content (AvgIpc) is 2.75. The molecule has 0 aromatic heterocycles. The Bertz CT molecular complexity index is 546. The van der Waals surface area contributed by atoms with Crippen molar-refractivity contribution < 1.29 is 19.4 Å². The van der Waals surface area contributed by atoms with Crippen molar-refractivity contribution in [3.05, 3.63) is 35.4 Å². The van der Waals surface area contributed by atoms with Gasteiger partial charge >= 0.3 is 5.97 Å². The molecule has 1 unspecified atom stereocenters. The van der Waals surface area contributed by atoms with Crippen LogP contribution in [0.5, 0.6) is 5.75 Å². The molecule has 1 fully saturated rings. The molecule has 21 heavy (non-hydrogen) atoms. The third-order valence-electron chi connectivity index (χ3n) is 3.55. The molecular weight excluding hydrogens is 268 g/mol. The first-order valence-electron chi connectivity index (χ1n) is 7.18. The zero-order valence-corrected chi connectivity index (χ0v) is 12.8. The molecule has 1 aromatic carbocycles. The predicted octanol–water partition coefficient (Wildman–Crippen LogP) is 3.43. The van der Waals surface area contributed by atoms with E-state index in [9.17, 15) is 4.79 Å². The van der Waals surface area contributed by atoms with Crippen molar-refractivity contribution in [3.8, 4) is 5.75 Å². The van der Waals surface area contributed by atoms with Gasteiger partial charge in [-0.05, 0) is 51.8 Å². The second-order valence-electron chi connectivity index (χ2n) is 6.06. The van der Waals surface area contributed by atoms with E-state index in [2.05, 4.69) is 13.8 Å². The van der Waals surface area contributed by atoms with E-state index >= 15 is 0 Å². The molecule has 0 spiro atoms. The zero-order valence-electron chi connectivity index (χ0n) is 12.8. The minimum atomic E-state index is -0.969. The first-order chi connectivity index (χ1) is 9.85. The topological polar surface area (TPSA) is 55.8 Å². The Kier molecular flexibility index (Phi) is 4.68. The van der Waals surface area contributed by atoms with Crippen LogP contribution in [0.1, 0.15) is 37.8 Å². The molecule has 1 aliphatic rings. The highest BCUT2D eigenvalue weighted by Gasteiger charge is 2.31. The number of carbonyl (C=O) groups is 1. The molecule has 4 heteroatoms. The Balaban J connectivity index is 2.04. The lowest BCUT2D eigenvalue weighted by molar-refractivity contribution is -0.131. The minimum absolute atomic E-state index is 0.0760. The van der Waals surface area contributed by atoms with Crippen LogP contribution in [0.3, 0.4) is 0 Å². The van der Waals surface area contributed by atoms with Gasteiger partial charge in [-0.1, -0.05) is 11.6 Å². The number of aryl methyl sites for hydroxylation is 1. The highest BCUT2D eigenvalue weighted by atomic mass is 16.6. The monoisotopic (exact) mass is 290 g/mol. The lowest BCUT2D eigenvalue weighted by atomic mass is 10.1. The highest BCUT2D eigenvalue weighted by molar-refractivity contribution is 5.85. The number of carboxylic acids is 1. The average molecular weight is 290 g/mol. The predicted molar refractivity (Wildman–Crippen MR) is 81.5 cm³/mol. The lowest BCUT2D eigenvalue weighted by Crippen LogP contribution is -2.24. The Morgan fingerprint density at radius 1 is 1.52 bits per heavy atom. The van der Waals surface area contributed by atoms with Crippen LogP contribution < -0.4 is 4.74 Å². The summed E-state index contributed by atoms with van der Waals surface area (Å²) in [7, 11) is 0. The van der Waals surface area contributed by atoms with Gasteiger partial charge in [0.1, 0.15) is 12.4 Å². The molecular formula is C17H22O4. The molecule has 0 aliphatic carbocycles. The summed E-state index contributed by atoms with van der Waals surface area (Å²) in [5.41, 5.74) is 1.76. The minimum Gasteiger partial charge on any atom is -0.490 e. The van der Waals surface area contributed by atoms with Crippen LogP contribution in [0.4, 0.5) is 0 Å². The number of benzene rings is 1.